The van der Waals surface area contributed by atoms with E-state index in [0.29, 0.717) is 5.12 Å². The van der Waals surface area contributed by atoms with Gasteiger partial charge < -0.3 is 5.32 Å². The maximum Gasteiger partial charge on any atom is 0.208 e. The average molecular weight is 217 g/mol. The van der Waals surface area contributed by atoms with Gasteiger partial charge in [0.1, 0.15) is 0 Å². The number of rotatable bonds is 3. The van der Waals surface area contributed by atoms with Crippen LogP contribution in [0.4, 0.5) is 0 Å². The molecule has 0 bridgehead atoms. The van der Waals surface area contributed by atoms with Gasteiger partial charge >= 0.3 is 0 Å². The van der Waals surface area contributed by atoms with Crippen LogP contribution in [-0.2, 0) is 4.79 Å². The second kappa shape index (κ2) is 7.30. The number of nitrogens with one attached hydrogen (secondary N) is 1. The van der Waals surface area contributed by atoms with Gasteiger partial charge in [0, 0.05) is 5.75 Å². The molecule has 0 amide bonds. The molecule has 1 unspecified atom stereocenters. The van der Waals surface area contributed by atoms with Crippen LogP contribution in [0.5, 0.6) is 0 Å². The number of carbonyl (C=O) groups is 1. The van der Waals surface area contributed by atoms with E-state index in [1.165, 1.54) is 11.8 Å². The average Bonchev–Trinajstić information content (AvgIpc) is 2.66. The van der Waals surface area contributed by atoms with Gasteiger partial charge in [0.05, 0.1) is 5.54 Å². The molecule has 1 saturated heterocycles. The summed E-state index contributed by atoms with van der Waals surface area (Å²) in [6.45, 7) is 9.12. The fraction of sp³-hybridized carbons (Fsp3) is 0.909. The fourth-order valence-corrected chi connectivity index (χ4v) is 2.31. The van der Waals surface area contributed by atoms with Crippen LogP contribution in [0.1, 0.15) is 47.0 Å². The van der Waals surface area contributed by atoms with Gasteiger partial charge in [-0.15, -0.1) is 0 Å². The summed E-state index contributed by atoms with van der Waals surface area (Å²) in [4.78, 5) is 11.6. The molecule has 0 aromatic rings. The zero-order valence-corrected chi connectivity index (χ0v) is 10.7. The van der Waals surface area contributed by atoms with Gasteiger partial charge in [0.2, 0.25) is 5.12 Å². The molecule has 0 aromatic carbocycles. The van der Waals surface area contributed by atoms with Gasteiger partial charge in [-0.2, -0.15) is 0 Å². The van der Waals surface area contributed by atoms with Crippen molar-refractivity contribution in [3.05, 3.63) is 0 Å². The molecule has 0 saturated carbocycles. The Bertz CT molecular complexity index is 165. The highest BCUT2D eigenvalue weighted by molar-refractivity contribution is 8.13. The lowest BCUT2D eigenvalue weighted by molar-refractivity contribution is -0.115. The number of hydrogen-bond acceptors (Lipinski definition) is 3. The Morgan fingerprint density at radius 2 is 2.14 bits per heavy atom. The summed E-state index contributed by atoms with van der Waals surface area (Å²) in [5.41, 5.74) is -0.222. The smallest absolute Gasteiger partial charge is 0.208 e. The molecule has 1 aliphatic rings. The van der Waals surface area contributed by atoms with E-state index in [4.69, 9.17) is 0 Å². The number of hydrogen-bond donors (Lipinski definition) is 1. The third kappa shape index (κ3) is 4.01. The molecule has 0 radical (unpaired) electrons. The Kier molecular flexibility index (Phi) is 7.28. The van der Waals surface area contributed by atoms with Gasteiger partial charge in [0.25, 0.3) is 0 Å². The molecule has 0 spiro atoms. The van der Waals surface area contributed by atoms with E-state index in [-0.39, 0.29) is 5.54 Å². The van der Waals surface area contributed by atoms with E-state index in [1.807, 2.05) is 20.8 Å². The third-order valence-electron chi connectivity index (χ3n) is 2.26. The van der Waals surface area contributed by atoms with Crippen LogP contribution in [0.25, 0.3) is 0 Å². The summed E-state index contributed by atoms with van der Waals surface area (Å²) >= 11 is 1.47. The topological polar surface area (TPSA) is 29.1 Å². The Balaban J connectivity index is 0.000000791. The molecule has 1 atom stereocenters. The summed E-state index contributed by atoms with van der Waals surface area (Å²) in [5.74, 6) is 0.954. The summed E-state index contributed by atoms with van der Waals surface area (Å²) in [6.07, 6.45) is 3.21. The lowest BCUT2D eigenvalue weighted by Gasteiger charge is -2.21. The van der Waals surface area contributed by atoms with Crippen molar-refractivity contribution in [2.24, 2.45) is 0 Å². The summed E-state index contributed by atoms with van der Waals surface area (Å²) in [7, 11) is 0. The number of carbonyl (C=O) groups excluding carboxylic acids is 1. The molecule has 3 heteroatoms. The quantitative estimate of drug-likeness (QED) is 0.788. The monoisotopic (exact) mass is 217 g/mol. The zero-order chi connectivity index (χ0) is 11.0. The van der Waals surface area contributed by atoms with E-state index >= 15 is 0 Å². The molecule has 1 aliphatic heterocycles. The lowest BCUT2D eigenvalue weighted by Crippen LogP contribution is -2.43. The molecule has 0 aromatic heterocycles. The maximum atomic E-state index is 11.6. The van der Waals surface area contributed by atoms with Crippen molar-refractivity contribution < 1.29 is 4.79 Å². The highest BCUT2D eigenvalue weighted by atomic mass is 32.2. The molecule has 1 N–H and O–H groups in total. The van der Waals surface area contributed by atoms with E-state index in [9.17, 15) is 4.79 Å². The lowest BCUT2D eigenvalue weighted by atomic mass is 10.0. The minimum Gasteiger partial charge on any atom is -0.304 e. The third-order valence-corrected chi connectivity index (χ3v) is 3.58. The Labute approximate surface area is 92.2 Å². The first-order chi connectivity index (χ1) is 6.69. The molecule has 1 heterocycles. The maximum absolute atomic E-state index is 11.6. The van der Waals surface area contributed by atoms with Crippen molar-refractivity contribution in [2.75, 3.05) is 12.3 Å². The van der Waals surface area contributed by atoms with Crippen molar-refractivity contribution in [3.63, 3.8) is 0 Å². The normalized spacial score (nSPS) is 25.4. The first-order valence-electron chi connectivity index (χ1n) is 5.61. The van der Waals surface area contributed by atoms with Crippen LogP contribution in [0.3, 0.4) is 0 Å². The van der Waals surface area contributed by atoms with Crippen molar-refractivity contribution in [3.8, 4) is 0 Å². The van der Waals surface area contributed by atoms with E-state index in [1.54, 1.807) is 0 Å². The number of thioether (sulfide) groups is 1. The highest BCUT2D eigenvalue weighted by Crippen LogP contribution is 2.25. The van der Waals surface area contributed by atoms with Crippen LogP contribution in [0.2, 0.25) is 0 Å². The zero-order valence-electron chi connectivity index (χ0n) is 9.85. The van der Waals surface area contributed by atoms with Gasteiger partial charge in [-0.25, -0.2) is 0 Å². The van der Waals surface area contributed by atoms with Crippen LogP contribution in [0.15, 0.2) is 0 Å². The standard InChI is InChI=1S/C9H17NOS.C2H6/c1-3-7-12-8(11)9(2)5-4-6-10-9;1-2/h10H,3-7H2,1-2H3;1-2H3. The van der Waals surface area contributed by atoms with Crippen LogP contribution in [0, 0.1) is 0 Å². The minimum absolute atomic E-state index is 0.222. The van der Waals surface area contributed by atoms with Crippen molar-refractivity contribution in [1.29, 1.82) is 0 Å². The van der Waals surface area contributed by atoms with Gasteiger partial charge in [-0.1, -0.05) is 32.5 Å². The fourth-order valence-electron chi connectivity index (χ4n) is 1.42. The minimum atomic E-state index is -0.222. The van der Waals surface area contributed by atoms with E-state index < -0.39 is 0 Å². The second-order valence-corrected chi connectivity index (χ2v) is 4.57. The van der Waals surface area contributed by atoms with Crippen LogP contribution in [-0.4, -0.2) is 23.0 Å². The molecule has 14 heavy (non-hydrogen) atoms. The predicted octanol–water partition coefficient (Wildman–Crippen LogP) is 2.82. The van der Waals surface area contributed by atoms with E-state index in [0.717, 1.165) is 31.6 Å². The summed E-state index contributed by atoms with van der Waals surface area (Å²) in [6, 6.07) is 0. The largest absolute Gasteiger partial charge is 0.304 e. The van der Waals surface area contributed by atoms with Gasteiger partial charge in [0.15, 0.2) is 0 Å². The predicted molar refractivity (Wildman–Crippen MR) is 64.7 cm³/mol. The van der Waals surface area contributed by atoms with Crippen LogP contribution < -0.4 is 5.32 Å². The van der Waals surface area contributed by atoms with Gasteiger partial charge in [-0.05, 0) is 32.7 Å². The second-order valence-electron chi connectivity index (χ2n) is 3.50. The molecule has 2 nitrogen and oxygen atoms in total. The molecule has 84 valence electrons. The van der Waals surface area contributed by atoms with Gasteiger partial charge in [-0.3, -0.25) is 4.79 Å². The first-order valence-corrected chi connectivity index (χ1v) is 6.60. The molecule has 1 rings (SSSR count). The first kappa shape index (κ1) is 14.0. The SMILES string of the molecule is CC.CCCSC(=O)C1(C)CCCN1. The Hall–Kier alpha value is -0.0200. The van der Waals surface area contributed by atoms with E-state index in [2.05, 4.69) is 12.2 Å². The van der Waals surface area contributed by atoms with Crippen LogP contribution >= 0.6 is 11.8 Å². The summed E-state index contributed by atoms with van der Waals surface area (Å²) < 4.78 is 0. The van der Waals surface area contributed by atoms with Crippen molar-refractivity contribution >= 4 is 16.9 Å². The van der Waals surface area contributed by atoms with Crippen molar-refractivity contribution in [1.82, 2.24) is 5.32 Å². The Morgan fingerprint density at radius 1 is 1.50 bits per heavy atom. The molecule has 1 fully saturated rings. The summed E-state index contributed by atoms with van der Waals surface area (Å²) in [5, 5.41) is 3.59. The molecule has 0 aliphatic carbocycles. The molecular weight excluding hydrogens is 194 g/mol. The highest BCUT2D eigenvalue weighted by Gasteiger charge is 2.35. The van der Waals surface area contributed by atoms with Crippen molar-refractivity contribution in [2.45, 2.75) is 52.5 Å². The Morgan fingerprint density at radius 3 is 2.57 bits per heavy atom. The molecular formula is C11H23NOS.